The monoisotopic (exact) mass is 234 g/mol. The van der Waals surface area contributed by atoms with E-state index in [9.17, 15) is 0 Å². The van der Waals surface area contributed by atoms with Gasteiger partial charge in [-0.25, -0.2) is 0 Å². The van der Waals surface area contributed by atoms with Crippen LogP contribution in [-0.4, -0.2) is 0 Å². The topological polar surface area (TPSA) is 0 Å². The molecule has 0 amide bonds. The molecular weight excluding hydrogens is 216 g/mol. The Bertz CT molecular complexity index is 400. The Morgan fingerprint density at radius 1 is 1.12 bits per heavy atom. The summed E-state index contributed by atoms with van der Waals surface area (Å²) in [6.07, 6.45) is 4.21. The summed E-state index contributed by atoms with van der Waals surface area (Å²) in [5.74, 6) is 2.78. The SMILES string of the molecule is Cc1ccc(C(Cl)C2CC3CC3C2)c(C)c1. The van der Waals surface area contributed by atoms with Crippen molar-refractivity contribution < 1.29 is 0 Å². The molecule has 16 heavy (non-hydrogen) atoms. The van der Waals surface area contributed by atoms with Crippen molar-refractivity contribution in [3.63, 3.8) is 0 Å². The smallest absolute Gasteiger partial charge is 0.0616 e. The van der Waals surface area contributed by atoms with Gasteiger partial charge in [-0.05, 0) is 62.0 Å². The van der Waals surface area contributed by atoms with Crippen LogP contribution in [0.4, 0.5) is 0 Å². The summed E-state index contributed by atoms with van der Waals surface area (Å²) >= 11 is 6.66. The molecule has 1 heteroatoms. The van der Waals surface area contributed by atoms with Crippen LogP contribution in [0.3, 0.4) is 0 Å². The highest BCUT2D eigenvalue weighted by molar-refractivity contribution is 6.21. The molecule has 1 aromatic rings. The molecule has 0 radical (unpaired) electrons. The lowest BCUT2D eigenvalue weighted by atomic mass is 9.91. The molecule has 2 fully saturated rings. The Labute approximate surface area is 103 Å². The average Bonchev–Trinajstić information content (AvgIpc) is 2.85. The Morgan fingerprint density at radius 3 is 2.44 bits per heavy atom. The Kier molecular flexibility index (Phi) is 2.51. The van der Waals surface area contributed by atoms with Gasteiger partial charge in [0.1, 0.15) is 0 Å². The Morgan fingerprint density at radius 2 is 1.81 bits per heavy atom. The third-order valence-corrected chi connectivity index (χ3v) is 5.01. The van der Waals surface area contributed by atoms with Crippen molar-refractivity contribution >= 4 is 11.6 Å². The third-order valence-electron chi connectivity index (χ3n) is 4.42. The minimum absolute atomic E-state index is 0.244. The zero-order valence-electron chi connectivity index (χ0n) is 10.0. The van der Waals surface area contributed by atoms with Crippen LogP contribution in [0.2, 0.25) is 0 Å². The van der Waals surface area contributed by atoms with E-state index in [-0.39, 0.29) is 5.38 Å². The number of fused-ring (bicyclic) bond motifs is 1. The van der Waals surface area contributed by atoms with E-state index in [0.717, 1.165) is 17.8 Å². The van der Waals surface area contributed by atoms with Crippen molar-refractivity contribution in [2.24, 2.45) is 17.8 Å². The zero-order valence-corrected chi connectivity index (χ0v) is 10.8. The molecule has 0 saturated heterocycles. The number of hydrogen-bond acceptors (Lipinski definition) is 0. The van der Waals surface area contributed by atoms with Crippen molar-refractivity contribution in [1.82, 2.24) is 0 Å². The first-order valence-corrected chi connectivity index (χ1v) is 6.80. The van der Waals surface area contributed by atoms with Gasteiger partial charge in [-0.15, -0.1) is 11.6 Å². The number of benzene rings is 1. The van der Waals surface area contributed by atoms with Crippen LogP contribution in [0.25, 0.3) is 0 Å². The molecule has 2 aliphatic rings. The molecule has 0 spiro atoms. The van der Waals surface area contributed by atoms with Crippen molar-refractivity contribution in [3.8, 4) is 0 Å². The van der Waals surface area contributed by atoms with Gasteiger partial charge in [0.05, 0.1) is 5.38 Å². The summed E-state index contributed by atoms with van der Waals surface area (Å²) in [5, 5.41) is 0.244. The van der Waals surface area contributed by atoms with E-state index in [4.69, 9.17) is 11.6 Å². The summed E-state index contributed by atoms with van der Waals surface area (Å²) in [7, 11) is 0. The van der Waals surface area contributed by atoms with Crippen LogP contribution in [0.15, 0.2) is 18.2 Å². The second kappa shape index (κ2) is 3.77. The lowest BCUT2D eigenvalue weighted by Gasteiger charge is -2.21. The van der Waals surface area contributed by atoms with E-state index in [0.29, 0.717) is 0 Å². The molecule has 0 heterocycles. The van der Waals surface area contributed by atoms with Crippen LogP contribution < -0.4 is 0 Å². The fourth-order valence-corrected chi connectivity index (χ4v) is 3.84. The minimum atomic E-state index is 0.244. The van der Waals surface area contributed by atoms with Gasteiger partial charge >= 0.3 is 0 Å². The molecule has 0 N–H and O–H groups in total. The summed E-state index contributed by atoms with van der Waals surface area (Å²) in [6.45, 7) is 4.33. The second-order valence-electron chi connectivity index (χ2n) is 5.75. The highest BCUT2D eigenvalue weighted by Crippen LogP contribution is 2.58. The summed E-state index contributed by atoms with van der Waals surface area (Å²) in [6, 6.07) is 6.67. The maximum absolute atomic E-state index is 6.66. The van der Waals surface area contributed by atoms with Gasteiger partial charge in [0.2, 0.25) is 0 Å². The first kappa shape index (κ1) is 10.7. The first-order valence-electron chi connectivity index (χ1n) is 6.36. The Hall–Kier alpha value is -0.490. The number of alkyl halides is 1. The average molecular weight is 235 g/mol. The lowest BCUT2D eigenvalue weighted by molar-refractivity contribution is 0.470. The number of halogens is 1. The third kappa shape index (κ3) is 1.78. The van der Waals surface area contributed by atoms with E-state index in [1.165, 1.54) is 36.0 Å². The maximum atomic E-state index is 6.66. The molecule has 3 rings (SSSR count). The molecule has 2 saturated carbocycles. The van der Waals surface area contributed by atoms with Crippen LogP contribution >= 0.6 is 11.6 Å². The number of hydrogen-bond donors (Lipinski definition) is 0. The van der Waals surface area contributed by atoms with Crippen LogP contribution in [0, 0.1) is 31.6 Å². The molecule has 0 aliphatic heterocycles. The predicted molar refractivity (Wildman–Crippen MR) is 68.8 cm³/mol. The molecule has 86 valence electrons. The van der Waals surface area contributed by atoms with Crippen molar-refractivity contribution in [2.45, 2.75) is 38.5 Å². The molecule has 0 aromatic heterocycles. The predicted octanol–water partition coefficient (Wildman–Crippen LogP) is 4.63. The van der Waals surface area contributed by atoms with Crippen LogP contribution in [0.5, 0.6) is 0 Å². The van der Waals surface area contributed by atoms with Crippen molar-refractivity contribution in [1.29, 1.82) is 0 Å². The van der Waals surface area contributed by atoms with Gasteiger partial charge in [-0.2, -0.15) is 0 Å². The quantitative estimate of drug-likeness (QED) is 0.655. The van der Waals surface area contributed by atoms with Gasteiger partial charge in [0.15, 0.2) is 0 Å². The van der Waals surface area contributed by atoms with Gasteiger partial charge in [0.25, 0.3) is 0 Å². The number of aryl methyl sites for hydroxylation is 2. The molecule has 0 nitrogen and oxygen atoms in total. The summed E-state index contributed by atoms with van der Waals surface area (Å²) in [4.78, 5) is 0. The standard InChI is InChI=1S/C15H19Cl/c1-9-3-4-14(10(2)5-9)15(16)13-7-11-6-12(11)8-13/h3-5,11-13,15H,6-8H2,1-2H3. The van der Waals surface area contributed by atoms with Gasteiger partial charge < -0.3 is 0 Å². The highest BCUT2D eigenvalue weighted by Gasteiger charge is 2.47. The van der Waals surface area contributed by atoms with Gasteiger partial charge in [0, 0.05) is 0 Å². The van der Waals surface area contributed by atoms with E-state index in [1.807, 2.05) is 0 Å². The molecular formula is C15H19Cl. The van der Waals surface area contributed by atoms with Gasteiger partial charge in [-0.1, -0.05) is 23.8 Å². The molecule has 2 aliphatic carbocycles. The molecule has 3 unspecified atom stereocenters. The van der Waals surface area contributed by atoms with E-state index < -0.39 is 0 Å². The summed E-state index contributed by atoms with van der Waals surface area (Å²) < 4.78 is 0. The Balaban J connectivity index is 1.80. The highest BCUT2D eigenvalue weighted by atomic mass is 35.5. The normalized spacial score (nSPS) is 33.6. The minimum Gasteiger partial charge on any atom is -0.118 e. The van der Waals surface area contributed by atoms with Crippen molar-refractivity contribution in [2.75, 3.05) is 0 Å². The maximum Gasteiger partial charge on any atom is 0.0616 e. The molecule has 3 atom stereocenters. The number of rotatable bonds is 2. The van der Waals surface area contributed by atoms with E-state index in [2.05, 4.69) is 32.0 Å². The lowest BCUT2D eigenvalue weighted by Crippen LogP contribution is -2.07. The van der Waals surface area contributed by atoms with Gasteiger partial charge in [-0.3, -0.25) is 0 Å². The second-order valence-corrected chi connectivity index (χ2v) is 6.22. The van der Waals surface area contributed by atoms with Crippen molar-refractivity contribution in [3.05, 3.63) is 34.9 Å². The summed E-state index contributed by atoms with van der Waals surface area (Å²) in [5.41, 5.74) is 4.05. The van der Waals surface area contributed by atoms with E-state index >= 15 is 0 Å². The van der Waals surface area contributed by atoms with Crippen LogP contribution in [0.1, 0.15) is 41.3 Å². The zero-order chi connectivity index (χ0) is 11.3. The van der Waals surface area contributed by atoms with Crippen LogP contribution in [-0.2, 0) is 0 Å². The first-order chi connectivity index (χ1) is 7.65. The molecule has 0 bridgehead atoms. The fourth-order valence-electron chi connectivity index (χ4n) is 3.39. The molecule has 1 aromatic carbocycles. The van der Waals surface area contributed by atoms with E-state index in [1.54, 1.807) is 0 Å². The largest absolute Gasteiger partial charge is 0.118 e. The fraction of sp³-hybridized carbons (Fsp3) is 0.600.